The minimum absolute atomic E-state index is 0.0405. The number of amidine groups is 1. The van der Waals surface area contributed by atoms with Crippen LogP contribution in [0.2, 0.25) is 0 Å². The van der Waals surface area contributed by atoms with Crippen molar-refractivity contribution < 1.29 is 9.31 Å². The summed E-state index contributed by atoms with van der Waals surface area (Å²) < 4.78 is 12.2. The first-order valence-corrected chi connectivity index (χ1v) is 7.80. The van der Waals surface area contributed by atoms with E-state index in [2.05, 4.69) is 0 Å². The highest BCUT2D eigenvalue weighted by Gasteiger charge is 2.51. The predicted molar refractivity (Wildman–Crippen MR) is 94.8 cm³/mol. The quantitative estimate of drug-likeness (QED) is 0.449. The molecule has 1 atom stereocenters. The van der Waals surface area contributed by atoms with Crippen molar-refractivity contribution in [3.05, 3.63) is 41.6 Å². The van der Waals surface area contributed by atoms with Crippen molar-refractivity contribution in [2.24, 2.45) is 11.5 Å². The Labute approximate surface area is 138 Å². The van der Waals surface area contributed by atoms with Gasteiger partial charge in [0, 0.05) is 11.6 Å². The molecular formula is C17H26BN3O2. The molecule has 0 amide bonds. The van der Waals surface area contributed by atoms with Crippen molar-refractivity contribution in [1.29, 1.82) is 5.41 Å². The van der Waals surface area contributed by atoms with Gasteiger partial charge in [0.2, 0.25) is 0 Å². The molecule has 0 radical (unpaired) electrons. The summed E-state index contributed by atoms with van der Waals surface area (Å²) in [6.07, 6.45) is 1.48. The minimum atomic E-state index is -0.398. The van der Waals surface area contributed by atoms with Gasteiger partial charge in [-0.05, 0) is 44.8 Å². The van der Waals surface area contributed by atoms with E-state index < -0.39 is 7.12 Å². The molecule has 0 spiro atoms. The third-order valence-corrected chi connectivity index (χ3v) is 4.76. The average molecular weight is 315 g/mol. The fourth-order valence-corrected chi connectivity index (χ4v) is 2.45. The Morgan fingerprint density at radius 2 is 1.74 bits per heavy atom. The molecule has 1 saturated heterocycles. The lowest BCUT2D eigenvalue weighted by Crippen LogP contribution is -2.41. The van der Waals surface area contributed by atoms with Crippen LogP contribution < -0.4 is 16.9 Å². The highest BCUT2D eigenvalue weighted by atomic mass is 16.7. The molecule has 5 N–H and O–H groups in total. The molecule has 1 aliphatic heterocycles. The number of hydrogen-bond acceptors (Lipinski definition) is 4. The third kappa shape index (κ3) is 3.59. The van der Waals surface area contributed by atoms with Gasteiger partial charge in [0.1, 0.15) is 5.84 Å². The van der Waals surface area contributed by atoms with E-state index >= 15 is 0 Å². The molecule has 0 aliphatic carbocycles. The second-order valence-electron chi connectivity index (χ2n) is 7.08. The molecule has 1 aromatic carbocycles. The molecule has 1 heterocycles. The van der Waals surface area contributed by atoms with E-state index in [4.69, 9.17) is 26.2 Å². The second kappa shape index (κ2) is 6.02. The van der Waals surface area contributed by atoms with Crippen molar-refractivity contribution in [3.63, 3.8) is 0 Å². The fourth-order valence-electron chi connectivity index (χ4n) is 2.45. The molecule has 0 saturated carbocycles. The summed E-state index contributed by atoms with van der Waals surface area (Å²) >= 11 is 0. The zero-order valence-electron chi connectivity index (χ0n) is 14.5. The van der Waals surface area contributed by atoms with Gasteiger partial charge in [0.05, 0.1) is 11.2 Å². The predicted octanol–water partition coefficient (Wildman–Crippen LogP) is 1.87. The number of allylic oxidation sites excluding steroid dienone is 1. The molecular weight excluding hydrogens is 289 g/mol. The van der Waals surface area contributed by atoms with Gasteiger partial charge in [-0.25, -0.2) is 0 Å². The summed E-state index contributed by atoms with van der Waals surface area (Å²) in [5.41, 5.74) is 13.2. The second-order valence-corrected chi connectivity index (χ2v) is 7.08. The van der Waals surface area contributed by atoms with Crippen LogP contribution in [0.15, 0.2) is 36.0 Å². The Kier molecular flexibility index (Phi) is 4.60. The van der Waals surface area contributed by atoms with Gasteiger partial charge in [0.15, 0.2) is 0 Å². The van der Waals surface area contributed by atoms with Crippen molar-refractivity contribution in [1.82, 2.24) is 0 Å². The molecule has 6 heteroatoms. The molecule has 2 rings (SSSR count). The van der Waals surface area contributed by atoms with Crippen LogP contribution in [0.1, 0.15) is 46.1 Å². The highest BCUT2D eigenvalue weighted by Crippen LogP contribution is 2.36. The number of rotatable bonds is 4. The maximum Gasteiger partial charge on any atom is 0.494 e. The summed E-state index contributed by atoms with van der Waals surface area (Å²) in [5.74, 6) is -0.0854. The van der Waals surface area contributed by atoms with Crippen molar-refractivity contribution >= 4 is 18.4 Å². The normalized spacial score (nSPS) is 21.3. The minimum Gasteiger partial charge on any atom is -0.401 e. The molecule has 23 heavy (non-hydrogen) atoms. The maximum absolute atomic E-state index is 7.33. The SMILES string of the molecule is CC(C(N)=CC(=N)N)c1cccc(B2OC(C)(C)C(C)(C)O2)c1. The van der Waals surface area contributed by atoms with E-state index in [-0.39, 0.29) is 23.0 Å². The van der Waals surface area contributed by atoms with Gasteiger partial charge in [-0.1, -0.05) is 31.2 Å². The Hall–Kier alpha value is -1.79. The first kappa shape index (κ1) is 17.6. The van der Waals surface area contributed by atoms with Crippen LogP contribution in [-0.4, -0.2) is 24.2 Å². The lowest BCUT2D eigenvalue weighted by Gasteiger charge is -2.32. The first-order chi connectivity index (χ1) is 10.5. The van der Waals surface area contributed by atoms with Crippen LogP contribution in [0.25, 0.3) is 0 Å². The van der Waals surface area contributed by atoms with Crippen molar-refractivity contribution in [2.75, 3.05) is 0 Å². The molecule has 1 aromatic rings. The number of hydrogen-bond donors (Lipinski definition) is 3. The lowest BCUT2D eigenvalue weighted by atomic mass is 9.77. The van der Waals surface area contributed by atoms with Crippen LogP contribution in [0.5, 0.6) is 0 Å². The van der Waals surface area contributed by atoms with E-state index in [0.29, 0.717) is 5.70 Å². The molecule has 1 aliphatic rings. The summed E-state index contributed by atoms with van der Waals surface area (Å²) in [4.78, 5) is 0. The molecule has 1 unspecified atom stereocenters. The summed E-state index contributed by atoms with van der Waals surface area (Å²) in [6, 6.07) is 7.99. The van der Waals surface area contributed by atoms with Gasteiger partial charge in [-0.2, -0.15) is 0 Å². The van der Waals surface area contributed by atoms with Crippen LogP contribution in [0.3, 0.4) is 0 Å². The van der Waals surface area contributed by atoms with Crippen LogP contribution in [-0.2, 0) is 9.31 Å². The largest absolute Gasteiger partial charge is 0.494 e. The molecule has 0 aromatic heterocycles. The lowest BCUT2D eigenvalue weighted by molar-refractivity contribution is 0.00578. The third-order valence-electron chi connectivity index (χ3n) is 4.76. The summed E-state index contributed by atoms with van der Waals surface area (Å²) in [7, 11) is -0.398. The number of nitrogens with two attached hydrogens (primary N) is 2. The van der Waals surface area contributed by atoms with Crippen LogP contribution in [0.4, 0.5) is 0 Å². The highest BCUT2D eigenvalue weighted by molar-refractivity contribution is 6.62. The summed E-state index contributed by atoms with van der Waals surface area (Å²) in [5, 5.41) is 7.33. The van der Waals surface area contributed by atoms with Gasteiger partial charge in [-0.3, -0.25) is 5.41 Å². The van der Waals surface area contributed by atoms with Crippen LogP contribution >= 0.6 is 0 Å². The molecule has 0 bridgehead atoms. The maximum atomic E-state index is 7.33. The monoisotopic (exact) mass is 315 g/mol. The van der Waals surface area contributed by atoms with E-state index in [1.165, 1.54) is 6.08 Å². The van der Waals surface area contributed by atoms with Crippen molar-refractivity contribution in [2.45, 2.75) is 51.7 Å². The molecule has 1 fully saturated rings. The van der Waals surface area contributed by atoms with Crippen LogP contribution in [0, 0.1) is 5.41 Å². The number of nitrogens with one attached hydrogen (secondary N) is 1. The Bertz CT molecular complexity index is 624. The number of benzene rings is 1. The van der Waals surface area contributed by atoms with Crippen molar-refractivity contribution in [3.8, 4) is 0 Å². The first-order valence-electron chi connectivity index (χ1n) is 7.80. The van der Waals surface area contributed by atoms with Gasteiger partial charge < -0.3 is 20.8 Å². The zero-order valence-corrected chi connectivity index (χ0v) is 14.5. The Morgan fingerprint density at radius 1 is 1.17 bits per heavy atom. The van der Waals surface area contributed by atoms with Gasteiger partial charge in [-0.15, -0.1) is 0 Å². The van der Waals surface area contributed by atoms with E-state index in [0.717, 1.165) is 11.0 Å². The van der Waals surface area contributed by atoms with E-state index in [1.807, 2.05) is 58.9 Å². The molecule has 124 valence electrons. The van der Waals surface area contributed by atoms with Gasteiger partial charge in [0.25, 0.3) is 0 Å². The fraction of sp³-hybridized carbons (Fsp3) is 0.471. The average Bonchev–Trinajstić information content (AvgIpc) is 2.66. The molecule has 5 nitrogen and oxygen atoms in total. The Balaban J connectivity index is 2.26. The smallest absolute Gasteiger partial charge is 0.401 e. The van der Waals surface area contributed by atoms with Gasteiger partial charge >= 0.3 is 7.12 Å². The zero-order chi connectivity index (χ0) is 17.4. The standard InChI is InChI=1S/C17H26BN3O2/c1-11(14(19)10-15(20)21)12-7-6-8-13(9-12)18-22-16(2,3)17(4,5)23-18/h6-11H,19H2,1-5H3,(H3,20,21). The van der Waals surface area contributed by atoms with E-state index in [9.17, 15) is 0 Å². The van der Waals surface area contributed by atoms with E-state index in [1.54, 1.807) is 0 Å². The summed E-state index contributed by atoms with van der Waals surface area (Å²) in [6.45, 7) is 10.1. The Morgan fingerprint density at radius 3 is 2.26 bits per heavy atom. The topological polar surface area (TPSA) is 94.4 Å².